The number of likely N-dealkylation sites (N-methyl/N-ethyl adjacent to an activating group) is 1. The summed E-state index contributed by atoms with van der Waals surface area (Å²) in [5.74, 6) is 0.0702. The largest absolute Gasteiger partial charge is 0.494 e. The van der Waals surface area contributed by atoms with E-state index in [0.29, 0.717) is 32.8 Å². The van der Waals surface area contributed by atoms with Crippen molar-refractivity contribution in [3.63, 3.8) is 0 Å². The highest BCUT2D eigenvalue weighted by Crippen LogP contribution is 2.17. The summed E-state index contributed by atoms with van der Waals surface area (Å²) in [7, 11) is 0. The first-order chi connectivity index (χ1) is 13.5. The van der Waals surface area contributed by atoms with Crippen LogP contribution in [0.4, 0.5) is 4.79 Å². The third-order valence-electron chi connectivity index (χ3n) is 5.07. The molecule has 1 aromatic rings. The molecule has 1 fully saturated rings. The van der Waals surface area contributed by atoms with Gasteiger partial charge in [0.05, 0.1) is 13.2 Å². The van der Waals surface area contributed by atoms with Crippen molar-refractivity contribution < 1.29 is 19.4 Å². The molecule has 0 unspecified atom stereocenters. The maximum atomic E-state index is 12.4. The highest BCUT2D eigenvalue weighted by molar-refractivity contribution is 5.74. The van der Waals surface area contributed by atoms with Crippen molar-refractivity contribution in [1.29, 1.82) is 0 Å². The number of carboxylic acids is 1. The second kappa shape index (κ2) is 11.5. The number of ether oxygens (including phenoxy) is 1. The Morgan fingerprint density at radius 2 is 2.04 bits per heavy atom. The van der Waals surface area contributed by atoms with Crippen LogP contribution in [0.25, 0.3) is 0 Å². The Morgan fingerprint density at radius 3 is 2.68 bits per heavy atom. The lowest BCUT2D eigenvalue weighted by Gasteiger charge is -2.37. The van der Waals surface area contributed by atoms with Crippen molar-refractivity contribution in [3.8, 4) is 5.75 Å². The molecule has 7 nitrogen and oxygen atoms in total. The molecule has 1 aromatic carbocycles. The highest BCUT2D eigenvalue weighted by atomic mass is 16.5. The van der Waals surface area contributed by atoms with Gasteiger partial charge in [-0.05, 0) is 49.9 Å². The number of likely N-dealkylation sites (tertiary alicyclic amines) is 1. The maximum Gasteiger partial charge on any atom is 0.317 e. The first-order valence-corrected chi connectivity index (χ1v) is 10.2. The van der Waals surface area contributed by atoms with Gasteiger partial charge in [0.25, 0.3) is 0 Å². The molecule has 7 heteroatoms. The van der Waals surface area contributed by atoms with Crippen molar-refractivity contribution >= 4 is 12.0 Å². The Bertz CT molecular complexity index is 630. The van der Waals surface area contributed by atoms with Gasteiger partial charge >= 0.3 is 12.0 Å². The van der Waals surface area contributed by atoms with Gasteiger partial charge in [-0.2, -0.15) is 0 Å². The molecule has 156 valence electrons. The fourth-order valence-electron chi connectivity index (χ4n) is 3.54. The van der Waals surface area contributed by atoms with E-state index in [-0.39, 0.29) is 18.6 Å². The van der Waals surface area contributed by atoms with E-state index in [1.165, 1.54) is 0 Å². The number of urea groups is 1. The van der Waals surface area contributed by atoms with E-state index >= 15 is 0 Å². The van der Waals surface area contributed by atoms with Crippen LogP contribution in [0.3, 0.4) is 0 Å². The molecule has 0 spiro atoms. The molecule has 2 amide bonds. The Kier molecular flexibility index (Phi) is 9.07. The lowest BCUT2D eigenvalue weighted by Crippen LogP contribution is -2.50. The van der Waals surface area contributed by atoms with Gasteiger partial charge in [-0.1, -0.05) is 26.0 Å². The molecule has 0 radical (unpaired) electrons. The average molecular weight is 392 g/mol. The van der Waals surface area contributed by atoms with Gasteiger partial charge in [-0.25, -0.2) is 4.79 Å². The Hall–Kier alpha value is -2.28. The molecule has 28 heavy (non-hydrogen) atoms. The number of nitrogens with one attached hydrogen (secondary N) is 1. The molecule has 0 aliphatic carbocycles. The van der Waals surface area contributed by atoms with Crippen molar-refractivity contribution in [2.45, 2.75) is 45.6 Å². The molecule has 0 bridgehead atoms. The molecule has 0 saturated carbocycles. The van der Waals surface area contributed by atoms with Gasteiger partial charge < -0.3 is 20.1 Å². The smallest absolute Gasteiger partial charge is 0.317 e. The molecular formula is C21H33N3O4. The number of piperidine rings is 1. The first kappa shape index (κ1) is 22.0. The van der Waals surface area contributed by atoms with Crippen LogP contribution in [0.15, 0.2) is 24.3 Å². The Balaban J connectivity index is 1.72. The summed E-state index contributed by atoms with van der Waals surface area (Å²) in [5, 5.41) is 12.0. The lowest BCUT2D eigenvalue weighted by molar-refractivity contribution is -0.139. The van der Waals surface area contributed by atoms with Crippen LogP contribution in [0.1, 0.15) is 38.7 Å². The number of carboxylic acid groups (broad SMARTS) is 1. The number of aliphatic carboxylic acids is 1. The minimum Gasteiger partial charge on any atom is -0.494 e. The third kappa shape index (κ3) is 7.03. The van der Waals surface area contributed by atoms with Crippen LogP contribution in [-0.4, -0.2) is 72.3 Å². The van der Waals surface area contributed by atoms with Gasteiger partial charge in [-0.3, -0.25) is 9.69 Å². The number of hydrogen-bond acceptors (Lipinski definition) is 4. The van der Waals surface area contributed by atoms with Gasteiger partial charge in [0.15, 0.2) is 0 Å². The van der Waals surface area contributed by atoms with E-state index in [4.69, 9.17) is 9.84 Å². The van der Waals surface area contributed by atoms with Crippen molar-refractivity contribution in [3.05, 3.63) is 29.8 Å². The summed E-state index contributed by atoms with van der Waals surface area (Å²) >= 11 is 0. The topological polar surface area (TPSA) is 82.1 Å². The zero-order valence-corrected chi connectivity index (χ0v) is 17.0. The summed E-state index contributed by atoms with van der Waals surface area (Å²) < 4.78 is 5.64. The van der Waals surface area contributed by atoms with Crippen LogP contribution in [-0.2, 0) is 11.2 Å². The fraction of sp³-hybridized carbons (Fsp3) is 0.619. The molecule has 2 N–H and O–H groups in total. The monoisotopic (exact) mass is 391 g/mol. The number of nitrogens with zero attached hydrogens (tertiary/aromatic N) is 2. The number of hydrogen-bond donors (Lipinski definition) is 2. The summed E-state index contributed by atoms with van der Waals surface area (Å²) in [6.45, 7) is 7.44. The molecular weight excluding hydrogens is 358 g/mol. The van der Waals surface area contributed by atoms with Gasteiger partial charge in [0.2, 0.25) is 0 Å². The van der Waals surface area contributed by atoms with E-state index in [2.05, 4.69) is 12.2 Å². The SMILES string of the molecule is CCCOc1cccc(CCNC(=O)N2CCC(N(CC)CC(=O)O)CC2)c1. The molecule has 1 saturated heterocycles. The summed E-state index contributed by atoms with van der Waals surface area (Å²) in [5.41, 5.74) is 1.14. The van der Waals surface area contributed by atoms with Crippen molar-refractivity contribution in [1.82, 2.24) is 15.1 Å². The Morgan fingerprint density at radius 1 is 1.29 bits per heavy atom. The number of rotatable bonds is 10. The normalized spacial score (nSPS) is 14.9. The van der Waals surface area contributed by atoms with Crippen molar-refractivity contribution in [2.24, 2.45) is 0 Å². The van der Waals surface area contributed by atoms with Gasteiger partial charge in [0, 0.05) is 25.7 Å². The van der Waals surface area contributed by atoms with Crippen LogP contribution in [0, 0.1) is 0 Å². The lowest BCUT2D eigenvalue weighted by atomic mass is 10.0. The standard InChI is InChI=1S/C21H33N3O4/c1-3-14-28-19-7-5-6-17(15-19)8-11-22-21(27)24-12-9-18(10-13-24)23(4-2)16-20(25)26/h5-7,15,18H,3-4,8-14,16H2,1-2H3,(H,22,27)(H,25,26). The second-order valence-electron chi connectivity index (χ2n) is 7.15. The zero-order chi connectivity index (χ0) is 20.4. The van der Waals surface area contributed by atoms with Crippen LogP contribution < -0.4 is 10.1 Å². The van der Waals surface area contributed by atoms with Gasteiger partial charge in [-0.15, -0.1) is 0 Å². The quantitative estimate of drug-likeness (QED) is 0.641. The number of amides is 2. The van der Waals surface area contributed by atoms with Gasteiger partial charge in [0.1, 0.15) is 5.75 Å². The molecule has 1 aliphatic rings. The second-order valence-corrected chi connectivity index (χ2v) is 7.15. The molecule has 1 heterocycles. The summed E-state index contributed by atoms with van der Waals surface area (Å²) in [6, 6.07) is 8.18. The molecule has 0 atom stereocenters. The van der Waals surface area contributed by atoms with Crippen LogP contribution in [0.5, 0.6) is 5.75 Å². The van der Waals surface area contributed by atoms with E-state index in [9.17, 15) is 9.59 Å². The number of carbonyl (C=O) groups is 2. The van der Waals surface area contributed by atoms with Crippen LogP contribution in [0.2, 0.25) is 0 Å². The maximum absolute atomic E-state index is 12.4. The predicted molar refractivity (Wildman–Crippen MR) is 109 cm³/mol. The van der Waals surface area contributed by atoms with Crippen LogP contribution >= 0.6 is 0 Å². The highest BCUT2D eigenvalue weighted by Gasteiger charge is 2.27. The third-order valence-corrected chi connectivity index (χ3v) is 5.07. The van der Waals surface area contributed by atoms with Crippen molar-refractivity contribution in [2.75, 3.05) is 39.3 Å². The minimum atomic E-state index is -0.800. The molecule has 2 rings (SSSR count). The number of benzene rings is 1. The van der Waals surface area contributed by atoms with E-state index < -0.39 is 5.97 Å². The Labute approximate surface area is 167 Å². The predicted octanol–water partition coefficient (Wildman–Crippen LogP) is 2.60. The fourth-order valence-corrected chi connectivity index (χ4v) is 3.54. The molecule has 1 aliphatic heterocycles. The van der Waals surface area contributed by atoms with E-state index in [0.717, 1.165) is 37.0 Å². The average Bonchev–Trinajstić information content (AvgIpc) is 2.70. The first-order valence-electron chi connectivity index (χ1n) is 10.2. The zero-order valence-electron chi connectivity index (χ0n) is 17.0. The van der Waals surface area contributed by atoms with E-state index in [1.807, 2.05) is 41.0 Å². The summed E-state index contributed by atoms with van der Waals surface area (Å²) in [4.78, 5) is 27.2. The molecule has 0 aromatic heterocycles. The number of carbonyl (C=O) groups excluding carboxylic acids is 1. The summed E-state index contributed by atoms with van der Waals surface area (Å²) in [6.07, 6.45) is 3.35. The minimum absolute atomic E-state index is 0.0434. The van der Waals surface area contributed by atoms with E-state index in [1.54, 1.807) is 0 Å².